The van der Waals surface area contributed by atoms with E-state index in [1.165, 1.54) is 83.5 Å². The fraction of sp³-hybridized carbons (Fsp3) is 0.638. The number of esters is 3. The van der Waals surface area contributed by atoms with Gasteiger partial charge < -0.3 is 14.2 Å². The van der Waals surface area contributed by atoms with E-state index in [1.54, 1.807) is 0 Å². The molecule has 0 radical (unpaired) electrons. The van der Waals surface area contributed by atoms with Crippen molar-refractivity contribution in [3.8, 4) is 0 Å². The van der Waals surface area contributed by atoms with E-state index in [4.69, 9.17) is 14.2 Å². The molecule has 0 aliphatic heterocycles. The lowest BCUT2D eigenvalue weighted by molar-refractivity contribution is -0.167. The molecule has 0 aliphatic rings. The molecule has 0 saturated carbocycles. The predicted octanol–water partition coefficient (Wildman–Crippen LogP) is 17.1. The van der Waals surface area contributed by atoms with Gasteiger partial charge in [-0.05, 0) is 96.3 Å². The highest BCUT2D eigenvalue weighted by Crippen LogP contribution is 2.14. The average molecular weight is 887 g/mol. The molecule has 1 atom stereocenters. The minimum atomic E-state index is -0.822. The lowest BCUT2D eigenvalue weighted by atomic mass is 10.0. The Morgan fingerprint density at radius 3 is 1.00 bits per heavy atom. The minimum absolute atomic E-state index is 0.124. The Bertz CT molecular complexity index is 1340. The fourth-order valence-corrected chi connectivity index (χ4v) is 6.65. The third-order valence-corrected chi connectivity index (χ3v) is 10.5. The third-order valence-electron chi connectivity index (χ3n) is 10.5. The smallest absolute Gasteiger partial charge is 0.306 e. The largest absolute Gasteiger partial charge is 0.462 e. The summed E-state index contributed by atoms with van der Waals surface area (Å²) < 4.78 is 16.7. The van der Waals surface area contributed by atoms with Gasteiger partial charge in [0.25, 0.3) is 0 Å². The summed E-state index contributed by atoms with van der Waals surface area (Å²) in [5.41, 5.74) is 0. The van der Waals surface area contributed by atoms with Gasteiger partial charge in [0.15, 0.2) is 6.10 Å². The molecule has 0 unspecified atom stereocenters. The number of carbonyl (C=O) groups is 3. The van der Waals surface area contributed by atoms with Crippen molar-refractivity contribution in [1.29, 1.82) is 0 Å². The topological polar surface area (TPSA) is 78.9 Å². The first-order chi connectivity index (χ1) is 31.5. The van der Waals surface area contributed by atoms with Crippen LogP contribution in [0.5, 0.6) is 0 Å². The number of allylic oxidation sites excluding steroid dienone is 18. The van der Waals surface area contributed by atoms with E-state index in [0.717, 1.165) is 83.5 Å². The minimum Gasteiger partial charge on any atom is -0.462 e. The lowest BCUT2D eigenvalue weighted by Gasteiger charge is -2.18. The predicted molar refractivity (Wildman–Crippen MR) is 274 cm³/mol. The highest BCUT2D eigenvalue weighted by atomic mass is 16.6. The molecule has 0 aliphatic carbocycles. The molecule has 0 heterocycles. The van der Waals surface area contributed by atoms with Crippen LogP contribution in [0.25, 0.3) is 0 Å². The number of hydrogen-bond acceptors (Lipinski definition) is 6. The zero-order valence-corrected chi connectivity index (χ0v) is 41.3. The Balaban J connectivity index is 4.56. The molecule has 0 aromatic heterocycles. The summed E-state index contributed by atoms with van der Waals surface area (Å²) in [6, 6.07) is 0. The van der Waals surface area contributed by atoms with Gasteiger partial charge in [-0.3, -0.25) is 14.4 Å². The van der Waals surface area contributed by atoms with Crippen LogP contribution in [-0.2, 0) is 28.6 Å². The van der Waals surface area contributed by atoms with E-state index in [2.05, 4.69) is 130 Å². The molecule has 0 N–H and O–H groups in total. The Hall–Kier alpha value is -3.93. The van der Waals surface area contributed by atoms with Crippen molar-refractivity contribution in [2.45, 2.75) is 226 Å². The molecule has 0 amide bonds. The van der Waals surface area contributed by atoms with Crippen molar-refractivity contribution < 1.29 is 28.6 Å². The lowest BCUT2D eigenvalue weighted by Crippen LogP contribution is -2.30. The molecule has 0 fully saturated rings. The first-order valence-corrected chi connectivity index (χ1v) is 25.9. The maximum Gasteiger partial charge on any atom is 0.306 e. The molecular formula is C58H94O6. The van der Waals surface area contributed by atoms with Crippen LogP contribution in [0.3, 0.4) is 0 Å². The van der Waals surface area contributed by atoms with Crippen LogP contribution >= 0.6 is 0 Å². The molecule has 0 aromatic rings. The van der Waals surface area contributed by atoms with E-state index in [-0.39, 0.29) is 44.0 Å². The van der Waals surface area contributed by atoms with Gasteiger partial charge in [-0.2, -0.15) is 0 Å². The first-order valence-electron chi connectivity index (χ1n) is 25.9. The zero-order chi connectivity index (χ0) is 46.5. The average Bonchev–Trinajstić information content (AvgIpc) is 3.29. The summed E-state index contributed by atoms with van der Waals surface area (Å²) >= 11 is 0. The normalized spacial score (nSPS) is 13.0. The van der Waals surface area contributed by atoms with Crippen molar-refractivity contribution in [2.75, 3.05) is 13.2 Å². The van der Waals surface area contributed by atoms with Crippen LogP contribution < -0.4 is 0 Å². The number of ether oxygens (including phenoxy) is 3. The molecule has 6 nitrogen and oxygen atoms in total. The molecule has 0 aromatic carbocycles. The second kappa shape index (κ2) is 51.7. The molecule has 0 spiro atoms. The van der Waals surface area contributed by atoms with Crippen molar-refractivity contribution >= 4 is 17.9 Å². The van der Waals surface area contributed by atoms with Gasteiger partial charge in [-0.15, -0.1) is 0 Å². The van der Waals surface area contributed by atoms with Crippen LogP contribution in [-0.4, -0.2) is 37.2 Å². The van der Waals surface area contributed by atoms with Crippen molar-refractivity contribution in [3.63, 3.8) is 0 Å². The van der Waals surface area contributed by atoms with Crippen LogP contribution in [0.15, 0.2) is 109 Å². The Morgan fingerprint density at radius 1 is 0.328 bits per heavy atom. The van der Waals surface area contributed by atoms with Gasteiger partial charge in [0, 0.05) is 19.3 Å². The molecule has 64 heavy (non-hydrogen) atoms. The summed E-state index contributed by atoms with van der Waals surface area (Å²) in [6.07, 6.45) is 69.4. The number of hydrogen-bond donors (Lipinski definition) is 0. The second-order valence-electron chi connectivity index (χ2n) is 16.7. The molecule has 6 heteroatoms. The fourth-order valence-electron chi connectivity index (χ4n) is 6.65. The Kier molecular flexibility index (Phi) is 48.5. The molecule has 362 valence electrons. The van der Waals surface area contributed by atoms with Gasteiger partial charge in [0.1, 0.15) is 13.2 Å². The number of carbonyl (C=O) groups excluding carboxylic acids is 3. The van der Waals surface area contributed by atoms with E-state index in [1.807, 2.05) is 0 Å². The van der Waals surface area contributed by atoms with Crippen LogP contribution in [0.4, 0.5) is 0 Å². The number of rotatable bonds is 45. The summed E-state index contributed by atoms with van der Waals surface area (Å²) in [6.45, 7) is 6.38. The number of unbranched alkanes of at least 4 members (excludes halogenated alkanes) is 16. The Morgan fingerprint density at radius 2 is 0.625 bits per heavy atom. The molecule has 0 rings (SSSR count). The summed E-state index contributed by atoms with van der Waals surface area (Å²) in [5.74, 6) is -1.04. The molecule has 0 saturated heterocycles. The second-order valence-corrected chi connectivity index (χ2v) is 16.7. The van der Waals surface area contributed by atoms with E-state index < -0.39 is 6.10 Å². The van der Waals surface area contributed by atoms with Gasteiger partial charge in [0.05, 0.1) is 0 Å². The van der Waals surface area contributed by atoms with Gasteiger partial charge in [0.2, 0.25) is 0 Å². The maximum absolute atomic E-state index is 12.8. The van der Waals surface area contributed by atoms with E-state index in [9.17, 15) is 14.4 Å². The SMILES string of the molecule is CC/C=C\C/C=C\C/C=C\C/C=C\C/C=C\CCCC(=O)OC[C@H](COC(=O)CCC/C=C\C/C=C\C/C=C\C/C=C\CCCCC)OC(=O)CCCCCCCCCCCCCC. The van der Waals surface area contributed by atoms with E-state index in [0.29, 0.717) is 19.3 Å². The van der Waals surface area contributed by atoms with Gasteiger partial charge in [-0.25, -0.2) is 0 Å². The zero-order valence-electron chi connectivity index (χ0n) is 41.3. The monoisotopic (exact) mass is 887 g/mol. The van der Waals surface area contributed by atoms with Crippen LogP contribution in [0.2, 0.25) is 0 Å². The highest BCUT2D eigenvalue weighted by Gasteiger charge is 2.19. The van der Waals surface area contributed by atoms with Crippen molar-refractivity contribution in [3.05, 3.63) is 109 Å². The summed E-state index contributed by atoms with van der Waals surface area (Å²) in [5, 5.41) is 0. The quantitative estimate of drug-likeness (QED) is 0.0262. The standard InChI is InChI=1S/C58H94O6/c1-4-7-10-13-16-19-22-25-27-29-31-33-36-38-41-44-47-50-56(59)62-53-55(64-58(61)52-49-46-43-40-35-24-21-18-15-12-9-6-3)54-63-57(60)51-48-45-42-39-37-34-32-30-28-26-23-20-17-14-11-8-5-2/h7,10,16-17,19-20,25-28,31-34,38-39,41-42,55H,4-6,8-9,11-15,18,21-24,29-30,35-37,40,43-54H2,1-3H3/b10-7-,19-16-,20-17-,27-25-,28-26-,33-31-,34-32-,41-38-,42-39-/t55-/m1/s1. The van der Waals surface area contributed by atoms with Gasteiger partial charge >= 0.3 is 17.9 Å². The maximum atomic E-state index is 12.8. The van der Waals surface area contributed by atoms with Crippen molar-refractivity contribution in [2.24, 2.45) is 0 Å². The third kappa shape index (κ3) is 49.1. The van der Waals surface area contributed by atoms with Gasteiger partial charge in [-0.1, -0.05) is 214 Å². The van der Waals surface area contributed by atoms with Crippen molar-refractivity contribution in [1.82, 2.24) is 0 Å². The van der Waals surface area contributed by atoms with E-state index >= 15 is 0 Å². The molecule has 0 bridgehead atoms. The highest BCUT2D eigenvalue weighted by molar-refractivity contribution is 5.71. The Labute approximate surface area is 393 Å². The van der Waals surface area contributed by atoms with Crippen LogP contribution in [0.1, 0.15) is 220 Å². The van der Waals surface area contributed by atoms with Crippen LogP contribution in [0, 0.1) is 0 Å². The first kappa shape index (κ1) is 60.1. The summed E-state index contributed by atoms with van der Waals surface area (Å²) in [7, 11) is 0. The summed E-state index contributed by atoms with van der Waals surface area (Å²) in [4.78, 5) is 37.9. The molecular weight excluding hydrogens is 793 g/mol.